The molecule has 0 fully saturated rings. The molecule has 4 nitrogen and oxygen atoms in total. The summed E-state index contributed by atoms with van der Waals surface area (Å²) in [4.78, 5) is 4.17. The average Bonchev–Trinajstić information content (AvgIpc) is 2.91. The van der Waals surface area contributed by atoms with Crippen molar-refractivity contribution >= 4 is 33.3 Å². The molecule has 114 valence electrons. The maximum atomic E-state index is 6.10. The Morgan fingerprint density at radius 1 is 1.04 bits per heavy atom. The molecule has 0 N–H and O–H groups in total. The lowest BCUT2D eigenvalue weighted by molar-refractivity contribution is 0.420. The van der Waals surface area contributed by atoms with E-state index in [4.69, 9.17) is 16.3 Å². The van der Waals surface area contributed by atoms with Gasteiger partial charge in [0.25, 0.3) is 0 Å². The van der Waals surface area contributed by atoms with Gasteiger partial charge in [-0.15, -0.1) is 0 Å². The molecule has 0 saturated carbocycles. The summed E-state index contributed by atoms with van der Waals surface area (Å²) in [6.45, 7) is 1.99. The van der Waals surface area contributed by atoms with Crippen molar-refractivity contribution in [3.63, 3.8) is 0 Å². The molecule has 0 aliphatic heterocycles. The number of hydrogen-bond donors (Lipinski definition) is 0. The molecule has 4 rings (SSSR count). The highest BCUT2D eigenvalue weighted by Gasteiger charge is 2.15. The van der Waals surface area contributed by atoms with E-state index in [0.29, 0.717) is 5.02 Å². The lowest BCUT2D eigenvalue weighted by Crippen LogP contribution is -1.98. The van der Waals surface area contributed by atoms with Crippen LogP contribution in [0.5, 0.6) is 5.75 Å². The predicted octanol–water partition coefficient (Wildman–Crippen LogP) is 4.54. The number of pyridine rings is 1. The summed E-state index contributed by atoms with van der Waals surface area (Å²) in [7, 11) is 1.69. The van der Waals surface area contributed by atoms with E-state index in [9.17, 15) is 0 Å². The zero-order chi connectivity index (χ0) is 16.0. The molecule has 4 aromatic rings. The van der Waals surface area contributed by atoms with Crippen LogP contribution in [-0.4, -0.2) is 21.9 Å². The number of methoxy groups -OCH3 is 1. The van der Waals surface area contributed by atoms with Gasteiger partial charge in [-0.05, 0) is 19.1 Å². The molecule has 0 spiro atoms. The van der Waals surface area contributed by atoms with Gasteiger partial charge in [-0.3, -0.25) is 4.98 Å². The summed E-state index contributed by atoms with van der Waals surface area (Å²) < 4.78 is 7.45. The highest BCUT2D eigenvalue weighted by molar-refractivity contribution is 6.30. The first-order valence-electron chi connectivity index (χ1n) is 7.25. The molecule has 2 aromatic carbocycles. The van der Waals surface area contributed by atoms with Crippen molar-refractivity contribution in [3.8, 4) is 11.4 Å². The van der Waals surface area contributed by atoms with E-state index in [1.807, 2.05) is 35.9 Å². The Labute approximate surface area is 138 Å². The molecule has 2 aromatic heterocycles. The van der Waals surface area contributed by atoms with Gasteiger partial charge in [0.1, 0.15) is 5.75 Å². The Kier molecular flexibility index (Phi) is 3.20. The second kappa shape index (κ2) is 5.25. The standard InChI is InChI=1S/C18H14ClN3O/c1-11-16-8-17(23-2)14-5-3-4-6-15(14)18(16)22(21-11)13-7-12(19)9-20-10-13/h3-10H,1-2H3. The van der Waals surface area contributed by atoms with Crippen LogP contribution in [0.25, 0.3) is 27.4 Å². The normalized spacial score (nSPS) is 11.3. The average molecular weight is 324 g/mol. The van der Waals surface area contributed by atoms with Gasteiger partial charge >= 0.3 is 0 Å². The first-order chi connectivity index (χ1) is 11.2. The molecule has 0 amide bonds. The van der Waals surface area contributed by atoms with Crippen molar-refractivity contribution in [3.05, 3.63) is 59.5 Å². The molecule has 2 heterocycles. The van der Waals surface area contributed by atoms with E-state index < -0.39 is 0 Å². The molecular formula is C18H14ClN3O. The quantitative estimate of drug-likeness (QED) is 0.543. The van der Waals surface area contributed by atoms with Crippen LogP contribution in [0.4, 0.5) is 0 Å². The van der Waals surface area contributed by atoms with Crippen molar-refractivity contribution in [2.75, 3.05) is 7.11 Å². The molecule has 23 heavy (non-hydrogen) atoms. The monoisotopic (exact) mass is 323 g/mol. The molecule has 0 radical (unpaired) electrons. The minimum Gasteiger partial charge on any atom is -0.496 e. The van der Waals surface area contributed by atoms with Gasteiger partial charge in [0.15, 0.2) is 0 Å². The Balaban J connectivity index is 2.17. The number of aromatic nitrogens is 3. The topological polar surface area (TPSA) is 39.9 Å². The fourth-order valence-corrected chi connectivity index (χ4v) is 3.12. The van der Waals surface area contributed by atoms with Gasteiger partial charge in [-0.1, -0.05) is 35.9 Å². The Morgan fingerprint density at radius 2 is 1.83 bits per heavy atom. The minimum atomic E-state index is 0.585. The molecular weight excluding hydrogens is 310 g/mol. The SMILES string of the molecule is COc1cc2c(C)nn(-c3cncc(Cl)c3)c2c2ccccc12. The molecule has 0 saturated heterocycles. The van der Waals surface area contributed by atoms with Crippen LogP contribution in [0, 0.1) is 6.92 Å². The molecule has 5 heteroatoms. The van der Waals surface area contributed by atoms with Crippen LogP contribution in [-0.2, 0) is 0 Å². The van der Waals surface area contributed by atoms with Gasteiger partial charge in [-0.25, -0.2) is 4.68 Å². The molecule has 0 aliphatic carbocycles. The maximum absolute atomic E-state index is 6.10. The summed E-state index contributed by atoms with van der Waals surface area (Å²) in [6, 6.07) is 12.1. The van der Waals surface area contributed by atoms with Crippen LogP contribution < -0.4 is 4.74 Å². The fraction of sp³-hybridized carbons (Fsp3) is 0.111. The molecule has 0 unspecified atom stereocenters. The van der Waals surface area contributed by atoms with Crippen LogP contribution in [0.15, 0.2) is 48.8 Å². The number of aryl methyl sites for hydroxylation is 1. The van der Waals surface area contributed by atoms with Gasteiger partial charge in [0.05, 0.1) is 35.2 Å². The zero-order valence-electron chi connectivity index (χ0n) is 12.7. The van der Waals surface area contributed by atoms with Crippen molar-refractivity contribution in [1.29, 1.82) is 0 Å². The van der Waals surface area contributed by atoms with Crippen molar-refractivity contribution in [1.82, 2.24) is 14.8 Å². The largest absolute Gasteiger partial charge is 0.496 e. The fourth-order valence-electron chi connectivity index (χ4n) is 2.96. The highest BCUT2D eigenvalue weighted by Crippen LogP contribution is 2.35. The van der Waals surface area contributed by atoms with Gasteiger partial charge in [0, 0.05) is 22.4 Å². The van der Waals surface area contributed by atoms with Gasteiger partial charge < -0.3 is 4.74 Å². The number of benzene rings is 2. The number of nitrogens with zero attached hydrogens (tertiary/aromatic N) is 3. The zero-order valence-corrected chi connectivity index (χ0v) is 13.5. The number of halogens is 1. The van der Waals surface area contributed by atoms with Crippen molar-refractivity contribution in [2.45, 2.75) is 6.92 Å². The van der Waals surface area contributed by atoms with Crippen LogP contribution in [0.3, 0.4) is 0 Å². The van der Waals surface area contributed by atoms with E-state index in [1.165, 1.54) is 0 Å². The third-order valence-electron chi connectivity index (χ3n) is 3.98. The third kappa shape index (κ3) is 2.14. The number of fused-ring (bicyclic) bond motifs is 3. The molecule has 0 bridgehead atoms. The number of rotatable bonds is 2. The van der Waals surface area contributed by atoms with Gasteiger partial charge in [0.2, 0.25) is 0 Å². The summed E-state index contributed by atoms with van der Waals surface area (Å²) in [5.41, 5.74) is 2.80. The smallest absolute Gasteiger partial charge is 0.127 e. The molecule has 0 atom stereocenters. The van der Waals surface area contributed by atoms with Crippen molar-refractivity contribution < 1.29 is 4.74 Å². The number of ether oxygens (including phenoxy) is 1. The summed E-state index contributed by atoms with van der Waals surface area (Å²) in [6.07, 6.45) is 3.38. The summed E-state index contributed by atoms with van der Waals surface area (Å²) in [5.74, 6) is 0.847. The summed E-state index contributed by atoms with van der Waals surface area (Å²) >= 11 is 6.10. The van der Waals surface area contributed by atoms with E-state index in [0.717, 1.165) is 38.8 Å². The van der Waals surface area contributed by atoms with Crippen LogP contribution >= 0.6 is 11.6 Å². The van der Waals surface area contributed by atoms with Crippen LogP contribution in [0.1, 0.15) is 5.69 Å². The number of hydrogen-bond acceptors (Lipinski definition) is 3. The predicted molar refractivity (Wildman–Crippen MR) is 92.7 cm³/mol. The van der Waals surface area contributed by atoms with Gasteiger partial charge in [-0.2, -0.15) is 5.10 Å². The second-order valence-corrected chi connectivity index (χ2v) is 5.82. The van der Waals surface area contributed by atoms with E-state index >= 15 is 0 Å². The van der Waals surface area contributed by atoms with E-state index in [-0.39, 0.29) is 0 Å². The lowest BCUT2D eigenvalue weighted by Gasteiger charge is -2.09. The van der Waals surface area contributed by atoms with Crippen molar-refractivity contribution in [2.24, 2.45) is 0 Å². The molecule has 0 aliphatic rings. The highest BCUT2D eigenvalue weighted by atomic mass is 35.5. The summed E-state index contributed by atoms with van der Waals surface area (Å²) in [5, 5.41) is 8.47. The third-order valence-corrected chi connectivity index (χ3v) is 4.19. The Hall–Kier alpha value is -2.59. The maximum Gasteiger partial charge on any atom is 0.127 e. The first-order valence-corrected chi connectivity index (χ1v) is 7.63. The second-order valence-electron chi connectivity index (χ2n) is 5.38. The van der Waals surface area contributed by atoms with Crippen LogP contribution in [0.2, 0.25) is 5.02 Å². The minimum absolute atomic E-state index is 0.585. The first kappa shape index (κ1) is 14.0. The Morgan fingerprint density at radius 3 is 2.57 bits per heavy atom. The Bertz CT molecular complexity index is 1040. The lowest BCUT2D eigenvalue weighted by atomic mass is 10.0. The van der Waals surface area contributed by atoms with E-state index in [2.05, 4.69) is 22.2 Å². The van der Waals surface area contributed by atoms with E-state index in [1.54, 1.807) is 19.5 Å².